The van der Waals surface area contributed by atoms with Crippen molar-refractivity contribution in [1.82, 2.24) is 4.90 Å². The molecule has 0 amide bonds. The third-order valence-corrected chi connectivity index (χ3v) is 4.22. The number of carboxylic acids is 1. The Morgan fingerprint density at radius 2 is 2.05 bits per heavy atom. The minimum atomic E-state index is -0.751. The van der Waals surface area contributed by atoms with Crippen molar-refractivity contribution in [3.63, 3.8) is 0 Å². The molecule has 2 atom stereocenters. The van der Waals surface area contributed by atoms with Gasteiger partial charge in [0.15, 0.2) is 0 Å². The van der Waals surface area contributed by atoms with Gasteiger partial charge in [-0.1, -0.05) is 12.1 Å². The number of benzene rings is 1. The lowest BCUT2D eigenvalue weighted by molar-refractivity contribution is -0.149. The second-order valence-electron chi connectivity index (χ2n) is 5.33. The number of aliphatic carboxylic acids is 1. The van der Waals surface area contributed by atoms with Gasteiger partial charge in [-0.05, 0) is 50.9 Å². The Morgan fingerprint density at radius 3 is 2.58 bits per heavy atom. The van der Waals surface area contributed by atoms with Gasteiger partial charge in [-0.3, -0.25) is 9.69 Å². The number of methoxy groups -OCH3 is 1. The summed E-state index contributed by atoms with van der Waals surface area (Å²) >= 11 is 0. The molecule has 4 heteroatoms. The topological polar surface area (TPSA) is 49.8 Å². The average Bonchev–Trinajstić information content (AvgIpc) is 2.81. The van der Waals surface area contributed by atoms with E-state index in [2.05, 4.69) is 11.8 Å². The molecule has 1 aliphatic heterocycles. The van der Waals surface area contributed by atoms with Crippen molar-refractivity contribution in [2.24, 2.45) is 0 Å². The van der Waals surface area contributed by atoms with Gasteiger partial charge < -0.3 is 9.84 Å². The van der Waals surface area contributed by atoms with Crippen molar-refractivity contribution < 1.29 is 14.6 Å². The summed E-state index contributed by atoms with van der Waals surface area (Å²) in [6.45, 7) is 4.71. The van der Waals surface area contributed by atoms with Crippen LogP contribution in [-0.2, 0) is 4.79 Å². The quantitative estimate of drug-likeness (QED) is 0.907. The van der Waals surface area contributed by atoms with Gasteiger partial charge in [-0.2, -0.15) is 0 Å². The van der Waals surface area contributed by atoms with Crippen LogP contribution in [0, 0.1) is 0 Å². The van der Waals surface area contributed by atoms with Gasteiger partial charge in [0.05, 0.1) is 7.11 Å². The summed E-state index contributed by atoms with van der Waals surface area (Å²) in [5, 5.41) is 9.46. The van der Waals surface area contributed by atoms with Gasteiger partial charge in [0.25, 0.3) is 0 Å². The van der Waals surface area contributed by atoms with E-state index in [4.69, 9.17) is 4.74 Å². The van der Waals surface area contributed by atoms with Crippen LogP contribution in [0.1, 0.15) is 38.3 Å². The fourth-order valence-electron chi connectivity index (χ4n) is 2.90. The summed E-state index contributed by atoms with van der Waals surface area (Å²) in [5.41, 5.74) is 0.370. The number of hydrogen-bond donors (Lipinski definition) is 1. The molecule has 0 radical (unpaired) electrons. The van der Waals surface area contributed by atoms with E-state index in [1.54, 1.807) is 7.11 Å². The monoisotopic (exact) mass is 263 g/mol. The maximum Gasteiger partial charge on any atom is 0.323 e. The van der Waals surface area contributed by atoms with E-state index < -0.39 is 11.5 Å². The molecule has 1 N–H and O–H groups in total. The smallest absolute Gasteiger partial charge is 0.323 e. The van der Waals surface area contributed by atoms with Gasteiger partial charge >= 0.3 is 5.97 Å². The fourth-order valence-corrected chi connectivity index (χ4v) is 2.90. The Balaban J connectivity index is 2.22. The Labute approximate surface area is 114 Å². The second kappa shape index (κ2) is 5.21. The van der Waals surface area contributed by atoms with Crippen LogP contribution in [0.25, 0.3) is 0 Å². The molecule has 19 heavy (non-hydrogen) atoms. The zero-order valence-electron chi connectivity index (χ0n) is 11.7. The van der Waals surface area contributed by atoms with Gasteiger partial charge in [0, 0.05) is 6.04 Å². The third kappa shape index (κ3) is 2.45. The highest BCUT2D eigenvalue weighted by molar-refractivity contribution is 5.78. The number of nitrogens with zero attached hydrogens (tertiary/aromatic N) is 1. The van der Waals surface area contributed by atoms with E-state index in [1.807, 2.05) is 31.2 Å². The zero-order valence-corrected chi connectivity index (χ0v) is 11.7. The lowest BCUT2D eigenvalue weighted by atomic mass is 9.96. The molecule has 1 heterocycles. The summed E-state index contributed by atoms with van der Waals surface area (Å²) in [6, 6.07) is 7.93. The van der Waals surface area contributed by atoms with E-state index in [0.29, 0.717) is 6.42 Å². The summed E-state index contributed by atoms with van der Waals surface area (Å²) in [4.78, 5) is 13.6. The molecular weight excluding hydrogens is 242 g/mol. The number of likely N-dealkylation sites (tertiary alicyclic amines) is 1. The minimum absolute atomic E-state index is 0.0921. The lowest BCUT2D eigenvalue weighted by Gasteiger charge is -2.36. The molecule has 104 valence electrons. The van der Waals surface area contributed by atoms with Crippen LogP contribution in [0.4, 0.5) is 0 Å². The number of ether oxygens (including phenoxy) is 1. The molecule has 2 rings (SSSR count). The Morgan fingerprint density at radius 1 is 1.42 bits per heavy atom. The highest BCUT2D eigenvalue weighted by atomic mass is 16.5. The molecular formula is C15H21NO3. The third-order valence-electron chi connectivity index (χ3n) is 4.22. The molecule has 1 aromatic rings. The van der Waals surface area contributed by atoms with Crippen molar-refractivity contribution in [2.75, 3.05) is 13.7 Å². The van der Waals surface area contributed by atoms with E-state index in [1.165, 1.54) is 0 Å². The van der Waals surface area contributed by atoms with E-state index >= 15 is 0 Å². The summed E-state index contributed by atoms with van der Waals surface area (Å²) < 4.78 is 5.15. The van der Waals surface area contributed by atoms with Gasteiger partial charge in [0.2, 0.25) is 0 Å². The van der Waals surface area contributed by atoms with Crippen LogP contribution in [0.5, 0.6) is 5.75 Å². The molecule has 0 bridgehead atoms. The first-order chi connectivity index (χ1) is 8.99. The zero-order chi connectivity index (χ0) is 14.0. The number of carbonyl (C=O) groups is 1. The number of hydrogen-bond acceptors (Lipinski definition) is 3. The van der Waals surface area contributed by atoms with Crippen LogP contribution in [0.3, 0.4) is 0 Å². The predicted molar refractivity (Wildman–Crippen MR) is 73.4 cm³/mol. The normalized spacial score (nSPS) is 25.2. The molecule has 1 saturated heterocycles. The molecule has 0 spiro atoms. The van der Waals surface area contributed by atoms with Crippen molar-refractivity contribution in [2.45, 2.75) is 38.3 Å². The Hall–Kier alpha value is -1.55. The van der Waals surface area contributed by atoms with Crippen LogP contribution in [-0.4, -0.2) is 35.2 Å². The highest BCUT2D eigenvalue weighted by Crippen LogP contribution is 2.37. The maximum absolute atomic E-state index is 11.5. The largest absolute Gasteiger partial charge is 0.497 e. The second-order valence-corrected chi connectivity index (χ2v) is 5.33. The summed E-state index contributed by atoms with van der Waals surface area (Å²) in [5.74, 6) is 0.0868. The number of rotatable bonds is 4. The molecule has 1 aliphatic rings. The first-order valence-electron chi connectivity index (χ1n) is 6.63. The highest BCUT2D eigenvalue weighted by Gasteiger charge is 2.45. The van der Waals surface area contributed by atoms with Gasteiger partial charge in [-0.15, -0.1) is 0 Å². The van der Waals surface area contributed by atoms with Crippen LogP contribution in [0.2, 0.25) is 0 Å². The first kappa shape index (κ1) is 13.9. The van der Waals surface area contributed by atoms with E-state index in [-0.39, 0.29) is 6.04 Å². The molecule has 1 fully saturated rings. The van der Waals surface area contributed by atoms with Gasteiger partial charge in [0.1, 0.15) is 11.3 Å². The van der Waals surface area contributed by atoms with Crippen molar-refractivity contribution in [3.05, 3.63) is 29.8 Å². The SMILES string of the molecule is COc1ccc(C(C)N2CCCC2(C)C(=O)O)cc1. The lowest BCUT2D eigenvalue weighted by Crippen LogP contribution is -2.48. The van der Waals surface area contributed by atoms with Crippen molar-refractivity contribution in [3.8, 4) is 5.75 Å². The summed E-state index contributed by atoms with van der Waals surface area (Å²) in [6.07, 6.45) is 1.64. The Bertz CT molecular complexity index is 457. The average molecular weight is 263 g/mol. The van der Waals surface area contributed by atoms with E-state index in [9.17, 15) is 9.90 Å². The standard InChI is InChI=1S/C15H21NO3/c1-11(12-5-7-13(19-3)8-6-12)16-10-4-9-15(16,2)14(17)18/h5-8,11H,4,9-10H2,1-3H3,(H,17,18). The van der Waals surface area contributed by atoms with Crippen molar-refractivity contribution >= 4 is 5.97 Å². The summed E-state index contributed by atoms with van der Waals surface area (Å²) in [7, 11) is 1.64. The van der Waals surface area contributed by atoms with Gasteiger partial charge in [-0.25, -0.2) is 0 Å². The predicted octanol–water partition coefficient (Wildman–Crippen LogP) is 2.70. The molecule has 0 aliphatic carbocycles. The van der Waals surface area contributed by atoms with E-state index in [0.717, 1.165) is 24.3 Å². The number of carboxylic acid groups (broad SMARTS) is 1. The van der Waals surface area contributed by atoms with Crippen LogP contribution >= 0.6 is 0 Å². The Kier molecular flexibility index (Phi) is 3.80. The fraction of sp³-hybridized carbons (Fsp3) is 0.533. The van der Waals surface area contributed by atoms with Crippen LogP contribution in [0.15, 0.2) is 24.3 Å². The van der Waals surface area contributed by atoms with Crippen molar-refractivity contribution in [1.29, 1.82) is 0 Å². The molecule has 4 nitrogen and oxygen atoms in total. The van der Waals surface area contributed by atoms with Crippen LogP contribution < -0.4 is 4.74 Å². The molecule has 0 saturated carbocycles. The molecule has 1 aromatic carbocycles. The first-order valence-corrected chi connectivity index (χ1v) is 6.63. The molecule has 0 aromatic heterocycles. The molecule has 2 unspecified atom stereocenters. The maximum atomic E-state index is 11.5. The minimum Gasteiger partial charge on any atom is -0.497 e.